The zero-order chi connectivity index (χ0) is 14.1. The number of nitrogens with one attached hydrogen (secondary N) is 1. The lowest BCUT2D eigenvalue weighted by molar-refractivity contribution is -0.383. The van der Waals surface area contributed by atoms with Crippen molar-refractivity contribution < 1.29 is 4.92 Å². The van der Waals surface area contributed by atoms with Crippen LogP contribution in [0.25, 0.3) is 16.7 Å². The van der Waals surface area contributed by atoms with E-state index in [0.29, 0.717) is 22.5 Å². The number of rotatable bonds is 3. The highest BCUT2D eigenvalue weighted by Crippen LogP contribution is 2.25. The molecular weight excluding hydrogens is 260 g/mol. The molecule has 0 unspecified atom stereocenters. The van der Waals surface area contributed by atoms with Crippen LogP contribution in [0.3, 0.4) is 0 Å². The summed E-state index contributed by atoms with van der Waals surface area (Å²) in [6.45, 7) is 0. The SMILES string of the molecule is CNc1nccnc1-n1cc2cccc([N+](=O)[O-])c2n1. The molecule has 20 heavy (non-hydrogen) atoms. The molecule has 0 aliphatic heterocycles. The van der Waals surface area contributed by atoms with Crippen LogP contribution in [0.2, 0.25) is 0 Å². The highest BCUT2D eigenvalue weighted by atomic mass is 16.6. The first-order chi connectivity index (χ1) is 9.70. The molecule has 0 aliphatic rings. The maximum absolute atomic E-state index is 11.0. The lowest BCUT2D eigenvalue weighted by Crippen LogP contribution is -2.05. The monoisotopic (exact) mass is 270 g/mol. The third kappa shape index (κ3) is 1.83. The van der Waals surface area contributed by atoms with Gasteiger partial charge < -0.3 is 5.32 Å². The average Bonchev–Trinajstić information content (AvgIpc) is 2.90. The van der Waals surface area contributed by atoms with Crippen molar-refractivity contribution in [1.29, 1.82) is 0 Å². The van der Waals surface area contributed by atoms with Gasteiger partial charge in [0.1, 0.15) is 0 Å². The smallest absolute Gasteiger partial charge is 0.297 e. The van der Waals surface area contributed by atoms with Crippen molar-refractivity contribution in [3.05, 3.63) is 46.9 Å². The molecule has 0 radical (unpaired) electrons. The number of nitrogens with zero attached hydrogens (tertiary/aromatic N) is 5. The number of hydrogen-bond acceptors (Lipinski definition) is 6. The fourth-order valence-corrected chi connectivity index (χ4v) is 1.96. The second-order valence-corrected chi connectivity index (χ2v) is 4.02. The van der Waals surface area contributed by atoms with Crippen molar-refractivity contribution >= 4 is 22.4 Å². The molecule has 8 nitrogen and oxygen atoms in total. The van der Waals surface area contributed by atoms with Crippen LogP contribution in [0, 0.1) is 10.1 Å². The zero-order valence-electron chi connectivity index (χ0n) is 10.5. The van der Waals surface area contributed by atoms with Crippen LogP contribution in [-0.2, 0) is 0 Å². The fourth-order valence-electron chi connectivity index (χ4n) is 1.96. The Kier molecular flexibility index (Phi) is 2.75. The van der Waals surface area contributed by atoms with Gasteiger partial charge >= 0.3 is 0 Å². The van der Waals surface area contributed by atoms with Gasteiger partial charge in [0.05, 0.1) is 4.92 Å². The molecule has 3 aromatic rings. The first kappa shape index (κ1) is 12.0. The molecule has 0 saturated heterocycles. The maximum Gasteiger partial charge on any atom is 0.297 e. The summed E-state index contributed by atoms with van der Waals surface area (Å²) in [6.07, 6.45) is 4.78. The van der Waals surface area contributed by atoms with Crippen LogP contribution in [-0.4, -0.2) is 31.7 Å². The third-order valence-corrected chi connectivity index (χ3v) is 2.84. The van der Waals surface area contributed by atoms with Crippen LogP contribution >= 0.6 is 0 Å². The molecule has 0 aliphatic carbocycles. The standard InChI is InChI=1S/C12H10N6O2/c1-13-11-12(15-6-5-14-11)17-7-8-3-2-4-9(18(19)20)10(8)16-17/h2-7H,1H3,(H,13,14). The van der Waals surface area contributed by atoms with E-state index in [9.17, 15) is 10.1 Å². The topological polar surface area (TPSA) is 98.8 Å². The lowest BCUT2D eigenvalue weighted by Gasteiger charge is -2.05. The predicted molar refractivity (Wildman–Crippen MR) is 72.9 cm³/mol. The van der Waals surface area contributed by atoms with Crippen LogP contribution in [0.4, 0.5) is 11.5 Å². The molecule has 1 N–H and O–H groups in total. The highest BCUT2D eigenvalue weighted by molar-refractivity contribution is 5.87. The Balaban J connectivity index is 2.23. The van der Waals surface area contributed by atoms with Crippen molar-refractivity contribution in [2.75, 3.05) is 12.4 Å². The number of nitro benzene ring substituents is 1. The van der Waals surface area contributed by atoms with E-state index in [1.165, 1.54) is 16.9 Å². The second-order valence-electron chi connectivity index (χ2n) is 4.02. The number of non-ortho nitro benzene ring substituents is 1. The number of fused-ring (bicyclic) bond motifs is 1. The van der Waals surface area contributed by atoms with Crippen molar-refractivity contribution in [3.8, 4) is 5.82 Å². The van der Waals surface area contributed by atoms with Gasteiger partial charge in [-0.15, -0.1) is 0 Å². The van der Waals surface area contributed by atoms with Gasteiger partial charge in [-0.05, 0) is 0 Å². The van der Waals surface area contributed by atoms with Gasteiger partial charge in [0.15, 0.2) is 17.2 Å². The Morgan fingerprint density at radius 3 is 2.85 bits per heavy atom. The summed E-state index contributed by atoms with van der Waals surface area (Å²) in [6, 6.07) is 4.82. The fraction of sp³-hybridized carbons (Fsp3) is 0.0833. The van der Waals surface area contributed by atoms with Gasteiger partial charge in [0.25, 0.3) is 5.69 Å². The van der Waals surface area contributed by atoms with Gasteiger partial charge in [-0.25, -0.2) is 14.6 Å². The van der Waals surface area contributed by atoms with E-state index in [-0.39, 0.29) is 5.69 Å². The van der Waals surface area contributed by atoms with E-state index in [0.717, 1.165) is 0 Å². The highest BCUT2D eigenvalue weighted by Gasteiger charge is 2.16. The van der Waals surface area contributed by atoms with Crippen molar-refractivity contribution in [2.24, 2.45) is 0 Å². The Hall–Kier alpha value is -3.03. The Bertz CT molecular complexity index is 797. The first-order valence-electron chi connectivity index (χ1n) is 5.82. The molecule has 8 heteroatoms. The first-order valence-corrected chi connectivity index (χ1v) is 5.82. The minimum Gasteiger partial charge on any atom is -0.370 e. The summed E-state index contributed by atoms with van der Waals surface area (Å²) in [7, 11) is 1.72. The van der Waals surface area contributed by atoms with Crippen molar-refractivity contribution in [2.45, 2.75) is 0 Å². The van der Waals surface area contributed by atoms with Gasteiger partial charge in [0, 0.05) is 37.1 Å². The number of hydrogen-bond donors (Lipinski definition) is 1. The van der Waals surface area contributed by atoms with Crippen LogP contribution in [0.5, 0.6) is 0 Å². The summed E-state index contributed by atoms with van der Waals surface area (Å²) < 4.78 is 1.48. The molecular formula is C12H10N6O2. The van der Waals surface area contributed by atoms with Gasteiger partial charge in [-0.1, -0.05) is 12.1 Å². The quantitative estimate of drug-likeness (QED) is 0.575. The van der Waals surface area contributed by atoms with E-state index in [1.54, 1.807) is 31.6 Å². The number of anilines is 1. The van der Waals surface area contributed by atoms with E-state index in [1.807, 2.05) is 0 Å². The molecule has 0 bridgehead atoms. The Morgan fingerprint density at radius 2 is 2.10 bits per heavy atom. The third-order valence-electron chi connectivity index (χ3n) is 2.84. The van der Waals surface area contributed by atoms with E-state index in [4.69, 9.17) is 0 Å². The van der Waals surface area contributed by atoms with Crippen molar-refractivity contribution in [3.63, 3.8) is 0 Å². The molecule has 0 saturated carbocycles. The number of benzene rings is 1. The molecule has 2 aromatic heterocycles. The molecule has 2 heterocycles. The number of aromatic nitrogens is 4. The Morgan fingerprint density at radius 1 is 1.30 bits per heavy atom. The predicted octanol–water partition coefficient (Wildman–Crippen LogP) is 1.77. The minimum absolute atomic E-state index is 0.0313. The van der Waals surface area contributed by atoms with Gasteiger partial charge in [-0.3, -0.25) is 10.1 Å². The van der Waals surface area contributed by atoms with Crippen LogP contribution in [0.15, 0.2) is 36.8 Å². The van der Waals surface area contributed by atoms with Crippen LogP contribution < -0.4 is 5.32 Å². The average molecular weight is 270 g/mol. The van der Waals surface area contributed by atoms with Gasteiger partial charge in [-0.2, -0.15) is 5.10 Å². The normalized spacial score (nSPS) is 10.7. The van der Waals surface area contributed by atoms with E-state index >= 15 is 0 Å². The summed E-state index contributed by atoms with van der Waals surface area (Å²) in [4.78, 5) is 18.9. The summed E-state index contributed by atoms with van der Waals surface area (Å²) in [5.41, 5.74) is 0.293. The van der Waals surface area contributed by atoms with Crippen LogP contribution in [0.1, 0.15) is 0 Å². The maximum atomic E-state index is 11.0. The van der Waals surface area contributed by atoms with Crippen molar-refractivity contribution in [1.82, 2.24) is 19.7 Å². The largest absolute Gasteiger partial charge is 0.370 e. The van der Waals surface area contributed by atoms with E-state index in [2.05, 4.69) is 20.4 Å². The molecule has 0 fully saturated rings. The summed E-state index contributed by atoms with van der Waals surface area (Å²) >= 11 is 0. The molecule has 0 spiro atoms. The van der Waals surface area contributed by atoms with E-state index < -0.39 is 4.92 Å². The zero-order valence-corrected chi connectivity index (χ0v) is 10.5. The summed E-state index contributed by atoms with van der Waals surface area (Å²) in [5, 5.41) is 18.8. The molecule has 3 rings (SSSR count). The minimum atomic E-state index is -0.449. The Labute approximate surface area is 113 Å². The number of nitro groups is 1. The molecule has 1 aromatic carbocycles. The summed E-state index contributed by atoms with van der Waals surface area (Å²) in [5.74, 6) is 1.03. The molecule has 0 amide bonds. The molecule has 0 atom stereocenters. The van der Waals surface area contributed by atoms with Gasteiger partial charge in [0.2, 0.25) is 0 Å². The second kappa shape index (κ2) is 4.57. The molecule has 100 valence electrons. The lowest BCUT2D eigenvalue weighted by atomic mass is 10.2.